The summed E-state index contributed by atoms with van der Waals surface area (Å²) < 4.78 is 0. The maximum Gasteiger partial charge on any atom is 1.00 e. The van der Waals surface area contributed by atoms with E-state index in [0.717, 1.165) is 6.07 Å². The molecule has 0 aliphatic carbocycles. The average molecular weight is 250 g/mol. The van der Waals surface area contributed by atoms with Gasteiger partial charge in [-0.15, -0.1) is 0 Å². The van der Waals surface area contributed by atoms with Crippen molar-refractivity contribution in [2.75, 3.05) is 0 Å². The number of carbonyl (C=O) groups is 2. The summed E-state index contributed by atoms with van der Waals surface area (Å²) in [6.45, 7) is 0. The molecule has 1 aromatic rings. The Labute approximate surface area is 132 Å². The summed E-state index contributed by atoms with van der Waals surface area (Å²) in [5.74, 6) is 3.69. The molecule has 0 atom stereocenters. The molecule has 0 bridgehead atoms. The number of hydrogen-bond donors (Lipinski definition) is 4. The molecule has 1 rings (SSSR count). The largest absolute Gasteiger partial charge is 1.00 e. The van der Waals surface area contributed by atoms with Gasteiger partial charge in [0.2, 0.25) is 5.43 Å². The van der Waals surface area contributed by atoms with Gasteiger partial charge >= 0.3 is 51.4 Å². The number of aromatic amines is 1. The second kappa shape index (κ2) is 6.13. The van der Waals surface area contributed by atoms with Crippen LogP contribution in [-0.4, -0.2) is 21.9 Å². The Bertz CT molecular complexity index is 484. The van der Waals surface area contributed by atoms with Gasteiger partial charge in [0.25, 0.3) is 11.8 Å². The van der Waals surface area contributed by atoms with Crippen LogP contribution in [0.4, 0.5) is 0 Å². The second-order valence-corrected chi connectivity index (χ2v) is 2.59. The van der Waals surface area contributed by atoms with Crippen LogP contribution >= 0.6 is 0 Å². The van der Waals surface area contributed by atoms with Gasteiger partial charge in [-0.1, -0.05) is 0 Å². The van der Waals surface area contributed by atoms with Crippen LogP contribution in [-0.2, 0) is 0 Å². The Morgan fingerprint density at radius 3 is 2.50 bits per heavy atom. The van der Waals surface area contributed by atoms with E-state index >= 15 is 0 Å². The van der Waals surface area contributed by atoms with Gasteiger partial charge in [-0.25, -0.2) is 0 Å². The molecule has 0 fully saturated rings. The smallest absolute Gasteiger partial charge is 0.584 e. The number of pyridine rings is 1. The normalized spacial score (nSPS) is 9.06. The molecule has 8 nitrogen and oxygen atoms in total. The van der Waals surface area contributed by atoms with Crippen molar-refractivity contribution < 1.29 is 66.1 Å². The van der Waals surface area contributed by atoms with E-state index in [0.29, 0.717) is 0 Å². The van der Waals surface area contributed by atoms with Crippen LogP contribution in [0.5, 0.6) is 5.75 Å². The van der Waals surface area contributed by atoms with Gasteiger partial charge in [-0.2, -0.15) is 0 Å². The number of aromatic hydroxyl groups is 1. The van der Waals surface area contributed by atoms with E-state index in [2.05, 4.69) is 4.98 Å². The summed E-state index contributed by atoms with van der Waals surface area (Å²) in [4.78, 5) is 34.9. The molecule has 0 aliphatic rings. The predicted molar refractivity (Wildman–Crippen MR) is 49.0 cm³/mol. The van der Waals surface area contributed by atoms with Crippen LogP contribution in [0.25, 0.3) is 5.84 Å². The topological polar surface area (TPSA) is 149 Å². The summed E-state index contributed by atoms with van der Waals surface area (Å²) in [5, 5.41) is 9.12. The van der Waals surface area contributed by atoms with E-state index in [4.69, 9.17) is 16.7 Å². The van der Waals surface area contributed by atoms with E-state index < -0.39 is 28.7 Å². The third-order valence-electron chi connectivity index (χ3n) is 1.61. The van der Waals surface area contributed by atoms with E-state index in [-0.39, 0.29) is 57.1 Å². The number of amides is 2. The van der Waals surface area contributed by atoms with Crippen molar-refractivity contribution in [2.45, 2.75) is 0 Å². The first kappa shape index (κ1) is 15.3. The zero-order valence-electron chi connectivity index (χ0n) is 8.33. The maximum absolute atomic E-state index is 11.1. The number of aromatic nitrogens is 1. The molecular weight excluding hydrogens is 243 g/mol. The average Bonchev–Trinajstić information content (AvgIpc) is 2.20. The van der Waals surface area contributed by atoms with Crippen LogP contribution in [0.1, 0.15) is 21.0 Å². The third-order valence-corrected chi connectivity index (χ3v) is 1.61. The first-order chi connectivity index (χ1) is 6.97. The molecule has 1 heterocycles. The van der Waals surface area contributed by atoms with Gasteiger partial charge in [0.05, 0.1) is 0 Å². The van der Waals surface area contributed by atoms with Crippen LogP contribution in [0, 0.1) is 0 Å². The van der Waals surface area contributed by atoms with Crippen molar-refractivity contribution >= 4 is 11.8 Å². The van der Waals surface area contributed by atoms with Gasteiger partial charge in [0.1, 0.15) is 5.69 Å². The minimum Gasteiger partial charge on any atom is -0.584 e. The molecule has 0 unspecified atom stereocenters. The van der Waals surface area contributed by atoms with E-state index in [1.807, 2.05) is 0 Å². The summed E-state index contributed by atoms with van der Waals surface area (Å²) in [7, 11) is 0. The van der Waals surface area contributed by atoms with Crippen molar-refractivity contribution in [3.8, 4) is 5.75 Å². The number of H-pyrrole nitrogens is 1. The van der Waals surface area contributed by atoms with Crippen molar-refractivity contribution in [1.29, 1.82) is 0 Å². The Balaban J connectivity index is 0.00000225. The van der Waals surface area contributed by atoms with Gasteiger partial charge in [0, 0.05) is 6.07 Å². The fourth-order valence-corrected chi connectivity index (χ4v) is 0.921. The number of nitrogens with two attached hydrogens (primary N) is 1. The first-order valence-corrected chi connectivity index (χ1v) is 3.70. The van der Waals surface area contributed by atoms with Gasteiger partial charge < -0.3 is 27.1 Å². The van der Waals surface area contributed by atoms with E-state index in [9.17, 15) is 14.4 Å². The summed E-state index contributed by atoms with van der Waals surface area (Å²) in [5.41, 5.74) is 4.52. The Morgan fingerprint density at radius 1 is 1.50 bits per heavy atom. The standard InChI is InChI=1S/C7H8N4O4.K/c8-6(14)4-5(13)3(12)1-2(10-4)7(15)11-9;/h1H,(H7,8,9,10,11,12,13,14,15);/q;+1/p-1. The molecule has 2 amide bonds. The van der Waals surface area contributed by atoms with E-state index in [1.165, 1.54) is 5.43 Å². The van der Waals surface area contributed by atoms with Gasteiger partial charge in [0.15, 0.2) is 11.4 Å². The molecule has 0 spiro atoms. The molecule has 6 N–H and O–H groups in total. The number of nitrogens with one attached hydrogen (secondary N) is 3. The fraction of sp³-hybridized carbons (Fsp3) is 0. The summed E-state index contributed by atoms with van der Waals surface area (Å²) in [6, 6.07) is 0.756. The Kier molecular flexibility index (Phi) is 5.85. The molecular formula is C7H7KN4O4. The molecule has 9 heteroatoms. The molecule has 0 saturated heterocycles. The summed E-state index contributed by atoms with van der Waals surface area (Å²) >= 11 is 0. The molecule has 1 aromatic heterocycles. The quantitative estimate of drug-likeness (QED) is 0.311. The zero-order chi connectivity index (χ0) is 11.6. The number of hydrogen-bond acceptors (Lipinski definition) is 4. The third kappa shape index (κ3) is 3.14. The zero-order valence-corrected chi connectivity index (χ0v) is 11.4. The van der Waals surface area contributed by atoms with Crippen LogP contribution in [0.3, 0.4) is 0 Å². The molecule has 0 aromatic carbocycles. The molecule has 0 saturated carbocycles. The summed E-state index contributed by atoms with van der Waals surface area (Å²) in [6.07, 6.45) is 0. The number of primary amides is 1. The van der Waals surface area contributed by atoms with Crippen molar-refractivity contribution in [3.05, 3.63) is 33.5 Å². The molecule has 80 valence electrons. The van der Waals surface area contributed by atoms with Crippen LogP contribution in [0.2, 0.25) is 0 Å². The maximum atomic E-state index is 11.1. The van der Waals surface area contributed by atoms with Crippen LogP contribution in [0.15, 0.2) is 10.9 Å². The molecule has 0 aliphatic heterocycles. The Hall–Kier alpha value is -0.714. The molecule has 16 heavy (non-hydrogen) atoms. The van der Waals surface area contributed by atoms with Gasteiger partial charge in [-0.3, -0.25) is 14.4 Å². The number of carbonyl (C=O) groups excluding carboxylic acids is 2. The fourth-order valence-electron chi connectivity index (χ4n) is 0.921. The minimum absolute atomic E-state index is 0. The Morgan fingerprint density at radius 2 is 2.06 bits per heavy atom. The monoisotopic (exact) mass is 250 g/mol. The van der Waals surface area contributed by atoms with Crippen LogP contribution < -0.4 is 68.0 Å². The number of rotatable bonds is 2. The van der Waals surface area contributed by atoms with E-state index in [1.54, 1.807) is 0 Å². The minimum atomic E-state index is -1.08. The van der Waals surface area contributed by atoms with Gasteiger partial charge in [-0.05, 0) is 0 Å². The van der Waals surface area contributed by atoms with Crippen molar-refractivity contribution in [2.24, 2.45) is 5.73 Å². The van der Waals surface area contributed by atoms with Crippen molar-refractivity contribution in [1.82, 2.24) is 10.4 Å². The first-order valence-electron chi connectivity index (χ1n) is 3.70. The second-order valence-electron chi connectivity index (χ2n) is 2.59. The molecule has 0 radical (unpaired) electrons. The predicted octanol–water partition coefficient (Wildman–Crippen LogP) is -4.12. The SMILES string of the molecule is [K+].[NH-]NC(=O)c1cc(=O)c(O)c(C(N)=O)[nH]1. The van der Waals surface area contributed by atoms with Crippen molar-refractivity contribution in [3.63, 3.8) is 0 Å².